The van der Waals surface area contributed by atoms with Gasteiger partial charge in [0.15, 0.2) is 5.82 Å². The summed E-state index contributed by atoms with van der Waals surface area (Å²) < 4.78 is 5.75. The van der Waals surface area contributed by atoms with Crippen molar-refractivity contribution >= 4 is 17.5 Å². The Hall–Kier alpha value is -3.85. The predicted molar refractivity (Wildman–Crippen MR) is 110 cm³/mol. The summed E-state index contributed by atoms with van der Waals surface area (Å²) in [5.41, 5.74) is 10.3. The average molecular weight is 395 g/mol. The lowest BCUT2D eigenvalue weighted by Crippen LogP contribution is -2.20. The Labute approximate surface area is 166 Å². The summed E-state index contributed by atoms with van der Waals surface area (Å²) in [6.07, 6.45) is -0.0598. The molecule has 0 amide bonds. The number of aromatic amines is 1. The third-order valence-electron chi connectivity index (χ3n) is 4.24. The van der Waals surface area contributed by atoms with Crippen molar-refractivity contribution in [3.63, 3.8) is 0 Å². The predicted octanol–water partition coefficient (Wildman–Crippen LogP) is 2.00. The van der Waals surface area contributed by atoms with Gasteiger partial charge in [0.2, 0.25) is 0 Å². The molecule has 0 aliphatic carbocycles. The fraction of sp³-hybridized carbons (Fsp3) is 0.150. The average Bonchev–Trinajstić information content (AvgIpc) is 2.70. The Morgan fingerprint density at radius 2 is 2.00 bits per heavy atom. The Morgan fingerprint density at radius 3 is 2.69 bits per heavy atom. The number of carbonyl (C=O) groups is 1. The molecule has 0 bridgehead atoms. The van der Waals surface area contributed by atoms with Gasteiger partial charge in [0.25, 0.3) is 5.56 Å². The van der Waals surface area contributed by atoms with Gasteiger partial charge in [0, 0.05) is 0 Å². The molecule has 0 radical (unpaired) electrons. The van der Waals surface area contributed by atoms with E-state index in [1.165, 1.54) is 0 Å². The first kappa shape index (κ1) is 19.9. The number of aliphatic carboxylic acids is 1. The van der Waals surface area contributed by atoms with E-state index in [1.54, 1.807) is 18.2 Å². The summed E-state index contributed by atoms with van der Waals surface area (Å²) in [7, 11) is 0. The fourth-order valence-corrected chi connectivity index (χ4v) is 2.93. The van der Waals surface area contributed by atoms with E-state index in [0.717, 1.165) is 11.1 Å². The number of nitrogens with one attached hydrogen (secondary N) is 2. The van der Waals surface area contributed by atoms with Crippen LogP contribution in [0.3, 0.4) is 0 Å². The lowest BCUT2D eigenvalue weighted by atomic mass is 10.00. The van der Waals surface area contributed by atoms with Crippen LogP contribution < -0.4 is 27.3 Å². The second-order valence-electron chi connectivity index (χ2n) is 6.24. The number of hydrazine groups is 1. The maximum atomic E-state index is 12.1. The van der Waals surface area contributed by atoms with Crippen molar-refractivity contribution in [1.29, 1.82) is 0 Å². The van der Waals surface area contributed by atoms with Gasteiger partial charge >= 0.3 is 5.97 Å². The van der Waals surface area contributed by atoms with Crippen LogP contribution in [0.15, 0.2) is 47.3 Å². The van der Waals surface area contributed by atoms with E-state index in [2.05, 4.69) is 15.4 Å². The van der Waals surface area contributed by atoms with Gasteiger partial charge in [-0.3, -0.25) is 9.59 Å². The molecule has 0 unspecified atom stereocenters. The number of nitrogens with zero attached hydrogens (tertiary/aromatic N) is 1. The van der Waals surface area contributed by atoms with Crippen molar-refractivity contribution in [2.75, 3.05) is 17.8 Å². The molecule has 1 heterocycles. The lowest BCUT2D eigenvalue weighted by molar-refractivity contribution is -0.136. The quantitative estimate of drug-likeness (QED) is 0.300. The van der Waals surface area contributed by atoms with Crippen LogP contribution in [0.4, 0.5) is 11.5 Å². The molecule has 0 aliphatic heterocycles. The number of benzene rings is 2. The minimum absolute atomic E-state index is 0.0598. The zero-order chi connectivity index (χ0) is 21.0. The molecule has 0 fully saturated rings. The lowest BCUT2D eigenvalue weighted by Gasteiger charge is -2.13. The SMILES string of the molecule is CCOc1cc(-c2cccc(CC(=O)O)c2)ccc1-c1nc(NN)c(N)c(=O)[nH]1. The Kier molecular flexibility index (Phi) is 5.79. The van der Waals surface area contributed by atoms with Gasteiger partial charge in [-0.15, -0.1) is 0 Å². The second-order valence-corrected chi connectivity index (χ2v) is 6.24. The van der Waals surface area contributed by atoms with Crippen LogP contribution in [0.2, 0.25) is 0 Å². The molecule has 0 saturated heterocycles. The minimum Gasteiger partial charge on any atom is -0.493 e. The summed E-state index contributed by atoms with van der Waals surface area (Å²) >= 11 is 0. The molecule has 0 spiro atoms. The molecule has 150 valence electrons. The zero-order valence-corrected chi connectivity index (χ0v) is 15.7. The van der Waals surface area contributed by atoms with Crippen molar-refractivity contribution in [3.05, 3.63) is 58.4 Å². The summed E-state index contributed by atoms with van der Waals surface area (Å²) in [5, 5.41) is 9.01. The van der Waals surface area contributed by atoms with Gasteiger partial charge in [-0.1, -0.05) is 30.3 Å². The number of aromatic nitrogens is 2. The van der Waals surface area contributed by atoms with Gasteiger partial charge in [-0.2, -0.15) is 0 Å². The monoisotopic (exact) mass is 395 g/mol. The summed E-state index contributed by atoms with van der Waals surface area (Å²) in [6.45, 7) is 2.24. The van der Waals surface area contributed by atoms with Crippen molar-refractivity contribution < 1.29 is 14.6 Å². The van der Waals surface area contributed by atoms with E-state index in [-0.39, 0.29) is 23.8 Å². The highest BCUT2D eigenvalue weighted by atomic mass is 16.5. The highest BCUT2D eigenvalue weighted by Gasteiger charge is 2.15. The van der Waals surface area contributed by atoms with E-state index in [4.69, 9.17) is 21.4 Å². The molecule has 29 heavy (non-hydrogen) atoms. The maximum absolute atomic E-state index is 12.1. The highest BCUT2D eigenvalue weighted by molar-refractivity contribution is 5.76. The number of hydrogen-bond donors (Lipinski definition) is 5. The smallest absolute Gasteiger partial charge is 0.307 e. The number of rotatable bonds is 7. The van der Waals surface area contributed by atoms with Gasteiger partial charge < -0.3 is 26.0 Å². The van der Waals surface area contributed by atoms with E-state index in [1.807, 2.05) is 31.2 Å². The van der Waals surface area contributed by atoms with Gasteiger partial charge in [0.1, 0.15) is 17.3 Å². The number of anilines is 2. The topological polar surface area (TPSA) is 156 Å². The van der Waals surface area contributed by atoms with Crippen LogP contribution in [-0.4, -0.2) is 27.7 Å². The molecule has 3 aromatic rings. The largest absolute Gasteiger partial charge is 0.493 e. The minimum atomic E-state index is -0.893. The molecule has 1 aromatic heterocycles. The number of carboxylic acids is 1. The molecular weight excluding hydrogens is 374 g/mol. The molecule has 9 heteroatoms. The first-order chi connectivity index (χ1) is 13.9. The molecule has 9 nitrogen and oxygen atoms in total. The third kappa shape index (κ3) is 4.36. The first-order valence-corrected chi connectivity index (χ1v) is 8.87. The number of nitrogens with two attached hydrogens (primary N) is 2. The van der Waals surface area contributed by atoms with Crippen LogP contribution in [0.5, 0.6) is 5.75 Å². The Balaban J connectivity index is 2.08. The molecule has 3 rings (SSSR count). The van der Waals surface area contributed by atoms with Crippen LogP contribution in [0.25, 0.3) is 22.5 Å². The summed E-state index contributed by atoms with van der Waals surface area (Å²) in [4.78, 5) is 29.9. The molecular formula is C20H21N5O4. The highest BCUT2D eigenvalue weighted by Crippen LogP contribution is 2.33. The number of nitrogen functional groups attached to an aromatic ring is 2. The number of H-pyrrole nitrogens is 1. The standard InChI is InChI=1S/C20H21N5O4/c1-2-29-15-10-13(12-5-3-4-11(8-12)9-16(26)27)6-7-14(15)18-23-19(25-22)17(21)20(28)24-18/h3-8,10H,2,9,21-22H2,1H3,(H,26,27)(H2,23,24,25,28). The van der Waals surface area contributed by atoms with Crippen molar-refractivity contribution in [2.45, 2.75) is 13.3 Å². The number of hydrogen-bond acceptors (Lipinski definition) is 7. The Bertz CT molecular complexity index is 1110. The number of carboxylic acid groups (broad SMARTS) is 1. The third-order valence-corrected chi connectivity index (χ3v) is 4.24. The van der Waals surface area contributed by atoms with Crippen LogP contribution >= 0.6 is 0 Å². The number of ether oxygens (including phenoxy) is 1. The van der Waals surface area contributed by atoms with Crippen LogP contribution in [0.1, 0.15) is 12.5 Å². The first-order valence-electron chi connectivity index (χ1n) is 8.87. The summed E-state index contributed by atoms with van der Waals surface area (Å²) in [5.74, 6) is 5.33. The maximum Gasteiger partial charge on any atom is 0.307 e. The van der Waals surface area contributed by atoms with Crippen molar-refractivity contribution in [3.8, 4) is 28.3 Å². The Morgan fingerprint density at radius 1 is 1.24 bits per heavy atom. The van der Waals surface area contributed by atoms with Gasteiger partial charge in [0.05, 0.1) is 18.6 Å². The van der Waals surface area contributed by atoms with Gasteiger partial charge in [-0.05, 0) is 35.7 Å². The van der Waals surface area contributed by atoms with E-state index < -0.39 is 11.5 Å². The van der Waals surface area contributed by atoms with E-state index in [9.17, 15) is 9.59 Å². The van der Waals surface area contributed by atoms with Crippen LogP contribution in [0, 0.1) is 0 Å². The second kappa shape index (κ2) is 8.44. The summed E-state index contributed by atoms with van der Waals surface area (Å²) in [6, 6.07) is 12.7. The molecule has 2 aromatic carbocycles. The normalized spacial score (nSPS) is 10.6. The molecule has 0 saturated carbocycles. The van der Waals surface area contributed by atoms with Crippen LogP contribution in [-0.2, 0) is 11.2 Å². The molecule has 0 atom stereocenters. The van der Waals surface area contributed by atoms with E-state index in [0.29, 0.717) is 23.5 Å². The molecule has 0 aliphatic rings. The van der Waals surface area contributed by atoms with E-state index >= 15 is 0 Å². The molecule has 7 N–H and O–H groups in total. The zero-order valence-electron chi connectivity index (χ0n) is 15.7. The fourth-order valence-electron chi connectivity index (χ4n) is 2.93. The van der Waals surface area contributed by atoms with Crippen molar-refractivity contribution in [1.82, 2.24) is 9.97 Å². The van der Waals surface area contributed by atoms with Gasteiger partial charge in [-0.25, -0.2) is 10.8 Å². The van der Waals surface area contributed by atoms with Crippen molar-refractivity contribution in [2.24, 2.45) is 5.84 Å².